The molecule has 0 spiro atoms. The van der Waals surface area contributed by atoms with Crippen molar-refractivity contribution in [2.45, 2.75) is 12.5 Å². The highest BCUT2D eigenvalue weighted by molar-refractivity contribution is 5.20. The summed E-state index contributed by atoms with van der Waals surface area (Å²) in [6, 6.07) is 0.194. The minimum Gasteiger partial charge on any atom is -0.382 e. The van der Waals surface area contributed by atoms with Gasteiger partial charge < -0.3 is 21.7 Å². The van der Waals surface area contributed by atoms with E-state index in [1.54, 1.807) is 0 Å². The molecule has 4 heteroatoms. The van der Waals surface area contributed by atoms with Gasteiger partial charge in [-0.2, -0.15) is 0 Å². The Morgan fingerprint density at radius 2 is 1.82 bits per heavy atom. The SMILES string of the molecule is NC1CCNC2=C1NCCN2. The van der Waals surface area contributed by atoms with Gasteiger partial charge >= 0.3 is 0 Å². The number of nitrogens with two attached hydrogens (primary N) is 1. The van der Waals surface area contributed by atoms with Crippen molar-refractivity contribution in [3.8, 4) is 0 Å². The van der Waals surface area contributed by atoms with Crippen molar-refractivity contribution in [2.24, 2.45) is 5.73 Å². The van der Waals surface area contributed by atoms with Gasteiger partial charge in [-0.3, -0.25) is 0 Å². The predicted octanol–water partition coefficient (Wildman–Crippen LogP) is -1.33. The van der Waals surface area contributed by atoms with Crippen LogP contribution >= 0.6 is 0 Å². The van der Waals surface area contributed by atoms with E-state index in [1.165, 1.54) is 0 Å². The minimum absolute atomic E-state index is 0.194. The topological polar surface area (TPSA) is 62.1 Å². The van der Waals surface area contributed by atoms with Crippen molar-refractivity contribution in [1.29, 1.82) is 0 Å². The molecule has 2 aliphatic heterocycles. The second kappa shape index (κ2) is 2.62. The van der Waals surface area contributed by atoms with E-state index in [-0.39, 0.29) is 6.04 Å². The fraction of sp³-hybridized carbons (Fsp3) is 0.714. The third kappa shape index (κ3) is 1.14. The van der Waals surface area contributed by atoms with E-state index in [0.29, 0.717) is 0 Å². The van der Waals surface area contributed by atoms with Gasteiger partial charge in [0.25, 0.3) is 0 Å². The number of hydrogen-bond donors (Lipinski definition) is 4. The highest BCUT2D eigenvalue weighted by atomic mass is 15.2. The fourth-order valence-corrected chi connectivity index (χ4v) is 1.54. The lowest BCUT2D eigenvalue weighted by Gasteiger charge is -2.32. The van der Waals surface area contributed by atoms with Crippen molar-refractivity contribution in [3.05, 3.63) is 11.5 Å². The first kappa shape index (κ1) is 6.79. The Morgan fingerprint density at radius 3 is 2.64 bits per heavy atom. The Hall–Kier alpha value is -0.900. The summed E-state index contributed by atoms with van der Waals surface area (Å²) >= 11 is 0. The van der Waals surface area contributed by atoms with E-state index in [1.807, 2.05) is 0 Å². The molecule has 4 nitrogen and oxygen atoms in total. The molecule has 2 rings (SSSR count). The summed E-state index contributed by atoms with van der Waals surface area (Å²) < 4.78 is 0. The summed E-state index contributed by atoms with van der Waals surface area (Å²) in [5.41, 5.74) is 7.04. The average Bonchev–Trinajstić information content (AvgIpc) is 2.06. The van der Waals surface area contributed by atoms with Crippen molar-refractivity contribution in [2.75, 3.05) is 19.6 Å². The second-order valence-electron chi connectivity index (χ2n) is 2.96. The van der Waals surface area contributed by atoms with Crippen LogP contribution in [0.2, 0.25) is 0 Å². The Labute approximate surface area is 66.2 Å². The molecular formula is C7H14N4. The van der Waals surface area contributed by atoms with E-state index >= 15 is 0 Å². The Bertz CT molecular complexity index is 183. The van der Waals surface area contributed by atoms with Gasteiger partial charge in [-0.25, -0.2) is 0 Å². The summed E-state index contributed by atoms with van der Waals surface area (Å²) in [7, 11) is 0. The molecule has 0 aromatic rings. The van der Waals surface area contributed by atoms with E-state index < -0.39 is 0 Å². The van der Waals surface area contributed by atoms with Gasteiger partial charge in [-0.15, -0.1) is 0 Å². The average molecular weight is 154 g/mol. The van der Waals surface area contributed by atoms with Crippen LogP contribution in [-0.4, -0.2) is 25.7 Å². The van der Waals surface area contributed by atoms with Crippen LogP contribution < -0.4 is 21.7 Å². The predicted molar refractivity (Wildman–Crippen MR) is 43.6 cm³/mol. The number of rotatable bonds is 0. The van der Waals surface area contributed by atoms with Crippen molar-refractivity contribution in [1.82, 2.24) is 16.0 Å². The van der Waals surface area contributed by atoms with Crippen LogP contribution in [0, 0.1) is 0 Å². The van der Waals surface area contributed by atoms with Gasteiger partial charge in [0, 0.05) is 25.7 Å². The Morgan fingerprint density at radius 1 is 1.09 bits per heavy atom. The van der Waals surface area contributed by atoms with Crippen LogP contribution in [0.3, 0.4) is 0 Å². The molecule has 2 heterocycles. The standard InChI is InChI=1S/C7H14N4/c8-5-1-2-10-7-6(5)9-3-4-11-7/h5,9-11H,1-4,8H2. The molecule has 0 saturated carbocycles. The summed E-state index contributed by atoms with van der Waals surface area (Å²) in [5.74, 6) is 1.11. The third-order valence-corrected chi connectivity index (χ3v) is 2.14. The first-order chi connectivity index (χ1) is 5.38. The summed E-state index contributed by atoms with van der Waals surface area (Å²) in [6.07, 6.45) is 1.02. The normalized spacial score (nSPS) is 29.7. The van der Waals surface area contributed by atoms with Crippen molar-refractivity contribution >= 4 is 0 Å². The van der Waals surface area contributed by atoms with Crippen LogP contribution in [0.25, 0.3) is 0 Å². The van der Waals surface area contributed by atoms with E-state index in [2.05, 4.69) is 16.0 Å². The van der Waals surface area contributed by atoms with Crippen LogP contribution in [0.5, 0.6) is 0 Å². The van der Waals surface area contributed by atoms with Gasteiger partial charge in [0.05, 0.1) is 5.70 Å². The van der Waals surface area contributed by atoms with Crippen LogP contribution in [-0.2, 0) is 0 Å². The maximum atomic E-state index is 5.89. The quantitative estimate of drug-likeness (QED) is 0.349. The molecule has 0 bridgehead atoms. The monoisotopic (exact) mass is 154 g/mol. The van der Waals surface area contributed by atoms with Crippen LogP contribution in [0.1, 0.15) is 6.42 Å². The molecule has 5 N–H and O–H groups in total. The van der Waals surface area contributed by atoms with Crippen molar-refractivity contribution < 1.29 is 0 Å². The summed E-state index contributed by atoms with van der Waals surface area (Å²) in [6.45, 7) is 2.95. The molecule has 62 valence electrons. The zero-order valence-corrected chi connectivity index (χ0v) is 6.48. The molecule has 0 fully saturated rings. The van der Waals surface area contributed by atoms with E-state index in [0.717, 1.165) is 37.6 Å². The molecule has 1 unspecified atom stereocenters. The van der Waals surface area contributed by atoms with Gasteiger partial charge in [-0.05, 0) is 6.42 Å². The van der Waals surface area contributed by atoms with Gasteiger partial charge in [-0.1, -0.05) is 0 Å². The first-order valence-electron chi connectivity index (χ1n) is 4.09. The van der Waals surface area contributed by atoms with Crippen LogP contribution in [0.4, 0.5) is 0 Å². The van der Waals surface area contributed by atoms with Crippen molar-refractivity contribution in [3.63, 3.8) is 0 Å². The van der Waals surface area contributed by atoms with E-state index in [9.17, 15) is 0 Å². The minimum atomic E-state index is 0.194. The van der Waals surface area contributed by atoms with Gasteiger partial charge in [0.2, 0.25) is 0 Å². The summed E-state index contributed by atoms with van der Waals surface area (Å²) in [4.78, 5) is 0. The smallest absolute Gasteiger partial charge is 0.120 e. The lowest BCUT2D eigenvalue weighted by molar-refractivity contribution is 0.481. The molecule has 0 aliphatic carbocycles. The molecule has 0 aromatic carbocycles. The van der Waals surface area contributed by atoms with Crippen LogP contribution in [0.15, 0.2) is 11.5 Å². The molecule has 11 heavy (non-hydrogen) atoms. The fourth-order valence-electron chi connectivity index (χ4n) is 1.54. The van der Waals surface area contributed by atoms with Gasteiger partial charge in [0.1, 0.15) is 5.82 Å². The van der Waals surface area contributed by atoms with E-state index in [4.69, 9.17) is 5.73 Å². The lowest BCUT2D eigenvalue weighted by Crippen LogP contribution is -2.50. The second-order valence-corrected chi connectivity index (χ2v) is 2.96. The Kier molecular flexibility index (Phi) is 1.62. The molecule has 2 aliphatic rings. The first-order valence-corrected chi connectivity index (χ1v) is 4.09. The highest BCUT2D eigenvalue weighted by Gasteiger charge is 2.21. The molecular weight excluding hydrogens is 140 g/mol. The molecule has 0 aromatic heterocycles. The molecule has 0 saturated heterocycles. The Balaban J connectivity index is 2.21. The lowest BCUT2D eigenvalue weighted by atomic mass is 10.1. The maximum Gasteiger partial charge on any atom is 0.120 e. The summed E-state index contributed by atoms with van der Waals surface area (Å²) in [5, 5.41) is 9.86. The molecule has 0 amide bonds. The number of hydrogen-bond acceptors (Lipinski definition) is 4. The number of nitrogens with one attached hydrogen (secondary N) is 3. The van der Waals surface area contributed by atoms with Gasteiger partial charge in [0.15, 0.2) is 0 Å². The zero-order chi connectivity index (χ0) is 7.68. The molecule has 1 atom stereocenters. The maximum absolute atomic E-state index is 5.89. The zero-order valence-electron chi connectivity index (χ0n) is 6.48. The highest BCUT2D eigenvalue weighted by Crippen LogP contribution is 2.10. The molecule has 0 radical (unpaired) electrons. The largest absolute Gasteiger partial charge is 0.382 e. The third-order valence-electron chi connectivity index (χ3n) is 2.14.